The number of carbonyl (C=O) groups is 2. The summed E-state index contributed by atoms with van der Waals surface area (Å²) >= 11 is 1.45. The van der Waals surface area contributed by atoms with Crippen LogP contribution in [0.4, 0.5) is 0 Å². The molecule has 2 aromatic rings. The zero-order valence-corrected chi connectivity index (χ0v) is 18.3. The number of aromatic nitrogens is 2. The van der Waals surface area contributed by atoms with E-state index in [0.717, 1.165) is 23.3 Å². The number of benzene rings is 1. The van der Waals surface area contributed by atoms with Gasteiger partial charge in [-0.2, -0.15) is 5.10 Å². The molecule has 0 aliphatic heterocycles. The molecular weight excluding hydrogens is 384 g/mol. The SMILES string of the molecule is CN(Cc1cnn(C)c1)C(=O)c1ccccc1SCC(=O)N(C)C1CCCCC1. The van der Waals surface area contributed by atoms with Gasteiger partial charge < -0.3 is 9.80 Å². The summed E-state index contributed by atoms with van der Waals surface area (Å²) in [6.07, 6.45) is 9.55. The van der Waals surface area contributed by atoms with E-state index in [1.54, 1.807) is 22.8 Å². The molecule has 1 aromatic carbocycles. The zero-order valence-electron chi connectivity index (χ0n) is 17.5. The van der Waals surface area contributed by atoms with E-state index in [0.29, 0.717) is 23.9 Å². The van der Waals surface area contributed by atoms with Crippen molar-refractivity contribution in [2.24, 2.45) is 7.05 Å². The van der Waals surface area contributed by atoms with Gasteiger partial charge in [-0.3, -0.25) is 14.3 Å². The lowest BCUT2D eigenvalue weighted by atomic mass is 9.94. The van der Waals surface area contributed by atoms with E-state index in [9.17, 15) is 9.59 Å². The summed E-state index contributed by atoms with van der Waals surface area (Å²) in [6, 6.07) is 7.89. The van der Waals surface area contributed by atoms with Gasteiger partial charge in [0.25, 0.3) is 5.91 Å². The normalized spacial score (nSPS) is 14.6. The maximum absolute atomic E-state index is 13.0. The van der Waals surface area contributed by atoms with Crippen molar-refractivity contribution < 1.29 is 9.59 Å². The maximum Gasteiger partial charge on any atom is 0.255 e. The summed E-state index contributed by atoms with van der Waals surface area (Å²) in [5.41, 5.74) is 1.62. The van der Waals surface area contributed by atoms with E-state index in [4.69, 9.17) is 0 Å². The van der Waals surface area contributed by atoms with Gasteiger partial charge in [0, 0.05) is 50.4 Å². The van der Waals surface area contributed by atoms with Gasteiger partial charge in [-0.25, -0.2) is 0 Å². The van der Waals surface area contributed by atoms with Crippen LogP contribution < -0.4 is 0 Å². The standard InChI is InChI=1S/C22H30N4O2S/c1-24(14-17-13-23-25(2)15-17)22(28)19-11-7-8-12-20(19)29-16-21(27)26(3)18-9-5-4-6-10-18/h7-8,11-13,15,18H,4-6,9-10,14,16H2,1-3H3. The first-order valence-corrected chi connectivity index (χ1v) is 11.1. The minimum Gasteiger partial charge on any atom is -0.342 e. The number of rotatable bonds is 7. The van der Waals surface area contributed by atoms with E-state index in [-0.39, 0.29) is 11.8 Å². The van der Waals surface area contributed by atoms with Crippen molar-refractivity contribution in [2.45, 2.75) is 49.6 Å². The molecule has 0 N–H and O–H groups in total. The van der Waals surface area contributed by atoms with E-state index in [2.05, 4.69) is 5.10 Å². The monoisotopic (exact) mass is 414 g/mol. The average Bonchev–Trinajstić information content (AvgIpc) is 3.16. The number of aryl methyl sites for hydroxylation is 1. The molecule has 1 aliphatic rings. The molecule has 0 atom stereocenters. The van der Waals surface area contributed by atoms with Crippen molar-refractivity contribution in [3.63, 3.8) is 0 Å². The number of hydrogen-bond donors (Lipinski definition) is 0. The van der Waals surface area contributed by atoms with Crippen LogP contribution in [0.15, 0.2) is 41.6 Å². The quantitative estimate of drug-likeness (QED) is 0.650. The molecule has 1 fully saturated rings. The van der Waals surface area contributed by atoms with Gasteiger partial charge in [-0.1, -0.05) is 31.4 Å². The van der Waals surface area contributed by atoms with Crippen molar-refractivity contribution in [3.05, 3.63) is 47.8 Å². The van der Waals surface area contributed by atoms with Crippen LogP contribution in [0.1, 0.15) is 48.0 Å². The highest BCUT2D eigenvalue weighted by atomic mass is 32.2. The Balaban J connectivity index is 1.62. The minimum atomic E-state index is -0.0509. The molecule has 0 radical (unpaired) electrons. The Kier molecular flexibility index (Phi) is 7.36. The summed E-state index contributed by atoms with van der Waals surface area (Å²) in [5.74, 6) is 0.432. The molecular formula is C22H30N4O2S. The molecule has 29 heavy (non-hydrogen) atoms. The Labute approximate surface area is 177 Å². The molecule has 0 unspecified atom stereocenters. The fourth-order valence-corrected chi connectivity index (χ4v) is 4.76. The first kappa shape index (κ1) is 21.4. The summed E-state index contributed by atoms with van der Waals surface area (Å²) in [4.78, 5) is 30.1. The molecule has 3 rings (SSSR count). The number of thioether (sulfide) groups is 1. The van der Waals surface area contributed by atoms with Crippen molar-refractivity contribution in [1.29, 1.82) is 0 Å². The third kappa shape index (κ3) is 5.63. The summed E-state index contributed by atoms with van der Waals surface area (Å²) in [7, 11) is 5.56. The van der Waals surface area contributed by atoms with E-state index in [1.807, 2.05) is 49.5 Å². The van der Waals surface area contributed by atoms with E-state index >= 15 is 0 Å². The number of carbonyl (C=O) groups excluding carboxylic acids is 2. The van der Waals surface area contributed by atoms with Gasteiger partial charge in [0.2, 0.25) is 5.91 Å². The first-order chi connectivity index (χ1) is 14.0. The second-order valence-corrected chi connectivity index (χ2v) is 8.78. The van der Waals surface area contributed by atoms with Gasteiger partial charge in [-0.15, -0.1) is 11.8 Å². The molecule has 6 nitrogen and oxygen atoms in total. The predicted octanol–water partition coefficient (Wildman–Crippen LogP) is 3.58. The highest BCUT2D eigenvalue weighted by Crippen LogP contribution is 2.26. The molecule has 1 aromatic heterocycles. The zero-order chi connectivity index (χ0) is 20.8. The average molecular weight is 415 g/mol. The van der Waals surface area contributed by atoms with Crippen molar-refractivity contribution in [3.8, 4) is 0 Å². The smallest absolute Gasteiger partial charge is 0.255 e. The van der Waals surface area contributed by atoms with Crippen LogP contribution in [-0.4, -0.2) is 57.3 Å². The third-order valence-electron chi connectivity index (χ3n) is 5.51. The Hall–Kier alpha value is -2.28. The Bertz CT molecular complexity index is 845. The lowest BCUT2D eigenvalue weighted by Gasteiger charge is -2.31. The Morgan fingerprint density at radius 3 is 2.59 bits per heavy atom. The van der Waals surface area contributed by atoms with Crippen molar-refractivity contribution >= 4 is 23.6 Å². The second kappa shape index (κ2) is 9.96. The van der Waals surface area contributed by atoms with Crippen LogP contribution in [0.25, 0.3) is 0 Å². The summed E-state index contributed by atoms with van der Waals surface area (Å²) in [6.45, 7) is 0.495. The van der Waals surface area contributed by atoms with Crippen molar-refractivity contribution in [2.75, 3.05) is 19.8 Å². The highest BCUT2D eigenvalue weighted by Gasteiger charge is 2.23. The predicted molar refractivity (Wildman–Crippen MR) is 116 cm³/mol. The molecule has 0 spiro atoms. The fraction of sp³-hybridized carbons (Fsp3) is 0.500. The number of amides is 2. The molecule has 156 valence electrons. The molecule has 2 amide bonds. The van der Waals surface area contributed by atoms with Crippen LogP contribution >= 0.6 is 11.8 Å². The maximum atomic E-state index is 13.0. The van der Waals surface area contributed by atoms with Crippen LogP contribution in [0, 0.1) is 0 Å². The Morgan fingerprint density at radius 2 is 1.90 bits per heavy atom. The summed E-state index contributed by atoms with van der Waals surface area (Å²) < 4.78 is 1.73. The molecule has 7 heteroatoms. The minimum absolute atomic E-state index is 0.0509. The van der Waals surface area contributed by atoms with Gasteiger partial charge >= 0.3 is 0 Å². The lowest BCUT2D eigenvalue weighted by Crippen LogP contribution is -2.39. The third-order valence-corrected chi connectivity index (χ3v) is 6.57. The number of hydrogen-bond acceptors (Lipinski definition) is 4. The van der Waals surface area contributed by atoms with Gasteiger partial charge in [0.05, 0.1) is 17.5 Å². The van der Waals surface area contributed by atoms with E-state index < -0.39 is 0 Å². The number of nitrogens with zero attached hydrogens (tertiary/aromatic N) is 4. The topological polar surface area (TPSA) is 58.4 Å². The van der Waals surface area contributed by atoms with E-state index in [1.165, 1.54) is 31.0 Å². The second-order valence-electron chi connectivity index (χ2n) is 7.76. The molecule has 1 saturated carbocycles. The lowest BCUT2D eigenvalue weighted by molar-refractivity contribution is -0.129. The molecule has 0 bridgehead atoms. The van der Waals surface area contributed by atoms with Gasteiger partial charge in [0.15, 0.2) is 0 Å². The Morgan fingerprint density at radius 1 is 1.17 bits per heavy atom. The highest BCUT2D eigenvalue weighted by molar-refractivity contribution is 8.00. The van der Waals surface area contributed by atoms with Crippen molar-refractivity contribution in [1.82, 2.24) is 19.6 Å². The fourth-order valence-electron chi connectivity index (χ4n) is 3.79. The molecule has 0 saturated heterocycles. The van der Waals surface area contributed by atoms with Crippen LogP contribution in [0.3, 0.4) is 0 Å². The molecule has 1 aliphatic carbocycles. The first-order valence-electron chi connectivity index (χ1n) is 10.2. The van der Waals surface area contributed by atoms with Gasteiger partial charge in [-0.05, 0) is 25.0 Å². The molecule has 1 heterocycles. The van der Waals surface area contributed by atoms with Gasteiger partial charge in [0.1, 0.15) is 0 Å². The van der Waals surface area contributed by atoms with Crippen LogP contribution in [0.5, 0.6) is 0 Å². The van der Waals surface area contributed by atoms with Crippen LogP contribution in [-0.2, 0) is 18.4 Å². The largest absolute Gasteiger partial charge is 0.342 e. The summed E-state index contributed by atoms with van der Waals surface area (Å²) in [5, 5.41) is 4.16. The van der Waals surface area contributed by atoms with Crippen LogP contribution in [0.2, 0.25) is 0 Å².